The minimum Gasteiger partial charge on any atom is -0.345 e. The van der Waals surface area contributed by atoms with E-state index >= 15 is 0 Å². The molecule has 1 fully saturated rings. The zero-order valence-electron chi connectivity index (χ0n) is 15.0. The molecule has 2 aromatic rings. The third kappa shape index (κ3) is 3.94. The molecule has 1 aliphatic carbocycles. The first kappa shape index (κ1) is 18.1. The van der Waals surface area contributed by atoms with E-state index in [1.807, 2.05) is 31.2 Å². The van der Waals surface area contributed by atoms with Crippen molar-refractivity contribution in [2.24, 2.45) is 5.73 Å². The SMILES string of the molecule is Cc1ccc(C(=O)NC2(CN)CCCC2)cc1NC(=O)c1ccccc1. The van der Waals surface area contributed by atoms with Gasteiger partial charge in [-0.3, -0.25) is 9.59 Å². The predicted octanol–water partition coefficient (Wildman–Crippen LogP) is 3.25. The van der Waals surface area contributed by atoms with E-state index in [0.717, 1.165) is 31.2 Å². The maximum atomic E-state index is 12.7. The Balaban J connectivity index is 1.77. The van der Waals surface area contributed by atoms with Crippen molar-refractivity contribution in [1.29, 1.82) is 0 Å². The number of anilines is 1. The number of amides is 2. The Hall–Kier alpha value is -2.66. The molecule has 0 heterocycles. The van der Waals surface area contributed by atoms with Crippen LogP contribution in [0.15, 0.2) is 48.5 Å². The summed E-state index contributed by atoms with van der Waals surface area (Å²) >= 11 is 0. The lowest BCUT2D eigenvalue weighted by Crippen LogP contribution is -2.51. The van der Waals surface area contributed by atoms with Crippen molar-refractivity contribution >= 4 is 17.5 Å². The largest absolute Gasteiger partial charge is 0.345 e. The number of hydrogen-bond acceptors (Lipinski definition) is 3. The predicted molar refractivity (Wildman–Crippen MR) is 103 cm³/mol. The molecule has 0 aromatic heterocycles. The summed E-state index contributed by atoms with van der Waals surface area (Å²) in [6.07, 6.45) is 4.00. The molecular weight excluding hydrogens is 326 g/mol. The zero-order chi connectivity index (χ0) is 18.6. The van der Waals surface area contributed by atoms with Gasteiger partial charge in [-0.1, -0.05) is 37.1 Å². The third-order valence-corrected chi connectivity index (χ3v) is 5.11. The number of carbonyl (C=O) groups is 2. The number of carbonyl (C=O) groups excluding carboxylic acids is 2. The molecule has 0 saturated heterocycles. The molecule has 0 radical (unpaired) electrons. The summed E-state index contributed by atoms with van der Waals surface area (Å²) in [5.74, 6) is -0.340. The zero-order valence-corrected chi connectivity index (χ0v) is 15.0. The topological polar surface area (TPSA) is 84.2 Å². The second-order valence-corrected chi connectivity index (χ2v) is 7.00. The Morgan fingerprint density at radius 1 is 1.00 bits per heavy atom. The highest BCUT2D eigenvalue weighted by Crippen LogP contribution is 2.29. The molecule has 0 atom stereocenters. The summed E-state index contributed by atoms with van der Waals surface area (Å²) in [6, 6.07) is 14.4. The molecule has 1 saturated carbocycles. The number of rotatable bonds is 5. The Morgan fingerprint density at radius 2 is 1.69 bits per heavy atom. The molecule has 0 bridgehead atoms. The molecule has 5 nitrogen and oxygen atoms in total. The summed E-state index contributed by atoms with van der Waals surface area (Å²) in [6.45, 7) is 2.35. The van der Waals surface area contributed by atoms with E-state index in [4.69, 9.17) is 5.73 Å². The average Bonchev–Trinajstić information content (AvgIpc) is 3.13. The van der Waals surface area contributed by atoms with E-state index in [0.29, 0.717) is 23.4 Å². The lowest BCUT2D eigenvalue weighted by molar-refractivity contribution is 0.0902. The Bertz CT molecular complexity index is 796. The molecule has 5 heteroatoms. The monoisotopic (exact) mass is 351 g/mol. The second kappa shape index (κ2) is 7.70. The Morgan fingerprint density at radius 3 is 2.35 bits per heavy atom. The van der Waals surface area contributed by atoms with Crippen LogP contribution in [-0.4, -0.2) is 23.9 Å². The number of aryl methyl sites for hydroxylation is 1. The van der Waals surface area contributed by atoms with Crippen LogP contribution in [0.25, 0.3) is 0 Å². The van der Waals surface area contributed by atoms with Crippen molar-refractivity contribution in [3.8, 4) is 0 Å². The van der Waals surface area contributed by atoms with Crippen LogP contribution < -0.4 is 16.4 Å². The molecule has 3 rings (SSSR count). The van der Waals surface area contributed by atoms with Gasteiger partial charge >= 0.3 is 0 Å². The van der Waals surface area contributed by atoms with E-state index in [1.54, 1.807) is 24.3 Å². The van der Waals surface area contributed by atoms with Crippen LogP contribution in [-0.2, 0) is 0 Å². The summed E-state index contributed by atoms with van der Waals surface area (Å²) in [7, 11) is 0. The van der Waals surface area contributed by atoms with Gasteiger partial charge in [-0.05, 0) is 49.6 Å². The van der Waals surface area contributed by atoms with Crippen molar-refractivity contribution < 1.29 is 9.59 Å². The number of nitrogens with two attached hydrogens (primary N) is 1. The summed E-state index contributed by atoms with van der Waals surface area (Å²) in [5, 5.41) is 6.01. The van der Waals surface area contributed by atoms with Crippen molar-refractivity contribution in [2.75, 3.05) is 11.9 Å². The van der Waals surface area contributed by atoms with Crippen LogP contribution in [0.1, 0.15) is 52.0 Å². The first-order valence-corrected chi connectivity index (χ1v) is 9.03. The van der Waals surface area contributed by atoms with E-state index in [2.05, 4.69) is 10.6 Å². The smallest absolute Gasteiger partial charge is 0.255 e. The standard InChI is InChI=1S/C21H25N3O2/c1-15-9-10-17(20(26)24-21(14-22)11-5-6-12-21)13-18(15)23-19(25)16-7-3-2-4-8-16/h2-4,7-10,13H,5-6,11-12,14,22H2,1H3,(H,23,25)(H,24,26). The highest BCUT2D eigenvalue weighted by Gasteiger charge is 2.34. The quantitative estimate of drug-likeness (QED) is 0.773. The van der Waals surface area contributed by atoms with Crippen molar-refractivity contribution in [1.82, 2.24) is 5.32 Å². The van der Waals surface area contributed by atoms with E-state index < -0.39 is 0 Å². The van der Waals surface area contributed by atoms with E-state index in [9.17, 15) is 9.59 Å². The van der Waals surface area contributed by atoms with Crippen LogP contribution >= 0.6 is 0 Å². The van der Waals surface area contributed by atoms with Gasteiger partial charge < -0.3 is 16.4 Å². The van der Waals surface area contributed by atoms with Crippen molar-refractivity contribution in [2.45, 2.75) is 38.1 Å². The normalized spacial score (nSPS) is 15.5. The van der Waals surface area contributed by atoms with Gasteiger partial charge in [0.25, 0.3) is 11.8 Å². The Kier molecular flexibility index (Phi) is 5.38. The van der Waals surface area contributed by atoms with Crippen LogP contribution in [0.3, 0.4) is 0 Å². The fourth-order valence-electron chi connectivity index (χ4n) is 3.43. The number of benzene rings is 2. The van der Waals surface area contributed by atoms with Crippen LogP contribution in [0.5, 0.6) is 0 Å². The Labute approximate surface area is 154 Å². The van der Waals surface area contributed by atoms with Gasteiger partial charge in [-0.25, -0.2) is 0 Å². The molecule has 2 amide bonds. The van der Waals surface area contributed by atoms with Crippen LogP contribution in [0.4, 0.5) is 5.69 Å². The van der Waals surface area contributed by atoms with Gasteiger partial charge in [0, 0.05) is 23.4 Å². The average molecular weight is 351 g/mol. The lowest BCUT2D eigenvalue weighted by Gasteiger charge is -2.28. The molecule has 0 unspecified atom stereocenters. The maximum absolute atomic E-state index is 12.7. The second-order valence-electron chi connectivity index (χ2n) is 7.00. The molecule has 4 N–H and O–H groups in total. The fraction of sp³-hybridized carbons (Fsp3) is 0.333. The summed E-state index contributed by atoms with van der Waals surface area (Å²) < 4.78 is 0. The van der Waals surface area contributed by atoms with Gasteiger partial charge in [0.2, 0.25) is 0 Å². The molecule has 2 aromatic carbocycles. The minimum absolute atomic E-state index is 0.146. The summed E-state index contributed by atoms with van der Waals surface area (Å²) in [5.41, 5.74) is 8.26. The molecule has 0 spiro atoms. The maximum Gasteiger partial charge on any atom is 0.255 e. The molecule has 1 aliphatic rings. The molecule has 0 aliphatic heterocycles. The van der Waals surface area contributed by atoms with Crippen LogP contribution in [0.2, 0.25) is 0 Å². The number of hydrogen-bond donors (Lipinski definition) is 3. The third-order valence-electron chi connectivity index (χ3n) is 5.11. The highest BCUT2D eigenvalue weighted by atomic mass is 16.2. The van der Waals surface area contributed by atoms with Crippen LogP contribution in [0, 0.1) is 6.92 Å². The minimum atomic E-state index is -0.296. The highest BCUT2D eigenvalue weighted by molar-refractivity contribution is 6.05. The molecule has 136 valence electrons. The molecular formula is C21H25N3O2. The first-order chi connectivity index (χ1) is 12.5. The molecule has 26 heavy (non-hydrogen) atoms. The van der Waals surface area contributed by atoms with Gasteiger partial charge in [0.15, 0.2) is 0 Å². The first-order valence-electron chi connectivity index (χ1n) is 9.03. The fourth-order valence-corrected chi connectivity index (χ4v) is 3.43. The lowest BCUT2D eigenvalue weighted by atomic mass is 9.97. The van der Waals surface area contributed by atoms with Gasteiger partial charge in [0.05, 0.1) is 5.54 Å². The van der Waals surface area contributed by atoms with E-state index in [-0.39, 0.29) is 17.4 Å². The van der Waals surface area contributed by atoms with Crippen molar-refractivity contribution in [3.63, 3.8) is 0 Å². The summed E-state index contributed by atoms with van der Waals surface area (Å²) in [4.78, 5) is 25.1. The van der Waals surface area contributed by atoms with Gasteiger partial charge in [-0.15, -0.1) is 0 Å². The number of nitrogens with one attached hydrogen (secondary N) is 2. The van der Waals surface area contributed by atoms with Gasteiger partial charge in [0.1, 0.15) is 0 Å². The van der Waals surface area contributed by atoms with E-state index in [1.165, 1.54) is 0 Å². The van der Waals surface area contributed by atoms with Crippen molar-refractivity contribution in [3.05, 3.63) is 65.2 Å². The van der Waals surface area contributed by atoms with Gasteiger partial charge in [-0.2, -0.15) is 0 Å².